The molecule has 2 aromatic heterocycles. The maximum absolute atomic E-state index is 13.5. The Morgan fingerprint density at radius 2 is 1.57 bits per heavy atom. The van der Waals surface area contributed by atoms with Crippen LogP contribution in [0.25, 0.3) is 21.8 Å². The van der Waals surface area contributed by atoms with Gasteiger partial charge in [0, 0.05) is 67.0 Å². The molecule has 7 heterocycles. The third-order valence-corrected chi connectivity index (χ3v) is 15.6. The monoisotopic (exact) mass is 974 g/mol. The van der Waals surface area contributed by atoms with E-state index in [-0.39, 0.29) is 73.2 Å². The number of nitrogens with zero attached hydrogens (tertiary/aromatic N) is 3. The number of benzene rings is 3. The summed E-state index contributed by atoms with van der Waals surface area (Å²) in [6.45, 7) is 7.75. The molecule has 4 saturated heterocycles. The van der Waals surface area contributed by atoms with Gasteiger partial charge in [-0.1, -0.05) is 6.08 Å². The average molecular weight is 975 g/mol. The number of carbonyl (C=O) groups is 2. The molecule has 2 N–H and O–H groups in total. The van der Waals surface area contributed by atoms with Gasteiger partial charge in [0.25, 0.3) is 0 Å². The Kier molecular flexibility index (Phi) is 16.0. The summed E-state index contributed by atoms with van der Waals surface area (Å²) in [6, 6.07) is 17.4. The van der Waals surface area contributed by atoms with Crippen LogP contribution in [-0.2, 0) is 25.4 Å². The van der Waals surface area contributed by atoms with Crippen molar-refractivity contribution in [1.82, 2.24) is 19.8 Å². The summed E-state index contributed by atoms with van der Waals surface area (Å²) in [5.41, 5.74) is 5.67. The van der Waals surface area contributed by atoms with Crippen LogP contribution in [0.1, 0.15) is 65.0 Å². The van der Waals surface area contributed by atoms with Gasteiger partial charge >= 0.3 is 49.7 Å². The predicted octanol–water partition coefficient (Wildman–Crippen LogP) is 6.43. The van der Waals surface area contributed by atoms with Gasteiger partial charge in [-0.25, -0.2) is 4.79 Å². The molecular formula is C53H66CaN4O11. The Morgan fingerprint density at radius 3 is 2.22 bits per heavy atom. The molecule has 0 unspecified atom stereocenters. The Balaban J connectivity index is 0.000000216. The number of aliphatic hydroxyl groups excluding tert-OH is 1. The zero-order valence-corrected chi connectivity index (χ0v) is 40.1. The number of pyridine rings is 1. The van der Waals surface area contributed by atoms with E-state index in [1.165, 1.54) is 51.5 Å². The molecule has 11 atom stereocenters. The van der Waals surface area contributed by atoms with Crippen molar-refractivity contribution < 1.29 is 52.6 Å². The average Bonchev–Trinajstić information content (AvgIpc) is 3.77. The second-order valence-electron chi connectivity index (χ2n) is 18.7. The summed E-state index contributed by atoms with van der Waals surface area (Å²) in [5, 5.41) is 13.3. The molecule has 1 saturated carbocycles. The van der Waals surface area contributed by atoms with E-state index >= 15 is 0 Å². The van der Waals surface area contributed by atoms with Crippen molar-refractivity contribution in [1.29, 1.82) is 0 Å². The van der Waals surface area contributed by atoms with Gasteiger partial charge < -0.3 is 48.0 Å². The molecule has 16 heteroatoms. The van der Waals surface area contributed by atoms with Gasteiger partial charge in [0.05, 0.1) is 71.8 Å². The standard InChI is InChI=1S/C33H40N2O9.C20H24N2O2.Ca.2H/c1-38-19-7-8-20-21-9-10-35-16-18-13-27(44-32(36)17-11-25(39-2)30(41-4)26(12-17)40-3)31(42-5)28(33(37)43-6)22(18)15-24(35)29(21)34-23(20)14-19;1-3-13-12-22-9-7-14(13)10-19(22)20(23)16-6-8-21-18-5-4-15(24-2)11-17(16)18;;;/h7-8,11-12,14,18,22,24,27-28,31,34H,9-10,13,15-16H2,1-6H3;3-6,8,11,13-14,19-20,23H,1,7,9-10,12H2,2H3;;;/t18-,22+,24-,27-,28+,31+;13-,14-,19-,20+;;;/m10.../s1. The summed E-state index contributed by atoms with van der Waals surface area (Å²) in [7, 11) is 10.8. The fourth-order valence-electron chi connectivity index (χ4n) is 12.2. The SMILES string of the molecule is C=C[C@H]1C[N@]2CC[C@H]1C[C@H]2[C@H](O)c1ccnc2ccc(OC)cc12.COC(=O)[C@H]1[C@H]2C[C@@H]3c4[nH]c5cc(OC)ccc5c4CCN3C[C@H]2C[C@@H](OC(=O)c2cc(OC)c(OC)c(OC)c2)[C@@H]1OC.[CaH2]. The van der Waals surface area contributed by atoms with Crippen LogP contribution >= 0.6 is 0 Å². The van der Waals surface area contributed by atoms with Gasteiger partial charge in [0.2, 0.25) is 5.75 Å². The van der Waals surface area contributed by atoms with Crippen LogP contribution in [0, 0.1) is 29.6 Å². The number of aliphatic hydroxyl groups is 1. The molecule has 15 nitrogen and oxygen atoms in total. The van der Waals surface area contributed by atoms with Crippen LogP contribution in [0.15, 0.2) is 73.4 Å². The number of H-pyrrole nitrogens is 1. The van der Waals surface area contributed by atoms with Crippen LogP contribution in [-0.4, -0.2) is 169 Å². The number of nitrogens with one attached hydrogen (secondary N) is 1. The van der Waals surface area contributed by atoms with E-state index in [1.54, 1.807) is 39.7 Å². The minimum absolute atomic E-state index is 0. The second-order valence-corrected chi connectivity index (χ2v) is 18.7. The van der Waals surface area contributed by atoms with Crippen LogP contribution in [0.2, 0.25) is 0 Å². The number of hydrogen-bond acceptors (Lipinski definition) is 14. The zero-order valence-electron chi connectivity index (χ0n) is 40.1. The van der Waals surface area contributed by atoms with Crippen molar-refractivity contribution in [3.63, 3.8) is 0 Å². The minimum atomic E-state index is -0.670. The number of aromatic nitrogens is 2. The quantitative estimate of drug-likeness (QED) is 0.0799. The first kappa shape index (κ1) is 50.8. The van der Waals surface area contributed by atoms with Crippen LogP contribution in [0.3, 0.4) is 0 Å². The molecule has 1 aliphatic carbocycles. The van der Waals surface area contributed by atoms with Gasteiger partial charge in [-0.15, -0.1) is 6.58 Å². The Labute approximate surface area is 433 Å². The van der Waals surface area contributed by atoms with Gasteiger partial charge in [0.15, 0.2) is 11.5 Å². The molecule has 5 aromatic rings. The normalized spacial score (nSPS) is 27.2. The summed E-state index contributed by atoms with van der Waals surface area (Å²) in [5.74, 6) is 2.45. The first-order chi connectivity index (χ1) is 33.1. The van der Waals surface area contributed by atoms with E-state index < -0.39 is 30.2 Å². The molecule has 2 bridgehead atoms. The van der Waals surface area contributed by atoms with E-state index in [9.17, 15) is 14.7 Å². The first-order valence-corrected chi connectivity index (χ1v) is 23.6. The number of esters is 2. The second kappa shape index (κ2) is 21.8. The molecule has 69 heavy (non-hydrogen) atoms. The fourth-order valence-corrected chi connectivity index (χ4v) is 12.2. The Morgan fingerprint density at radius 1 is 0.826 bits per heavy atom. The van der Waals surface area contributed by atoms with E-state index in [1.807, 2.05) is 36.4 Å². The number of rotatable bonds is 12. The van der Waals surface area contributed by atoms with Crippen molar-refractivity contribution in [3.05, 3.63) is 95.8 Å². The maximum atomic E-state index is 13.5. The van der Waals surface area contributed by atoms with Crippen molar-refractivity contribution in [3.8, 4) is 28.7 Å². The van der Waals surface area contributed by atoms with E-state index in [4.69, 9.17) is 37.9 Å². The number of hydrogen-bond donors (Lipinski definition) is 2. The van der Waals surface area contributed by atoms with Crippen molar-refractivity contribution in [2.45, 2.75) is 62.5 Å². The van der Waals surface area contributed by atoms with Gasteiger partial charge in [-0.3, -0.25) is 19.6 Å². The van der Waals surface area contributed by atoms with Gasteiger partial charge in [0.1, 0.15) is 23.7 Å². The Hall–Kier alpha value is -4.61. The van der Waals surface area contributed by atoms with E-state index in [0.29, 0.717) is 35.5 Å². The molecule has 5 aliphatic heterocycles. The molecule has 6 aliphatic rings. The van der Waals surface area contributed by atoms with E-state index in [0.717, 1.165) is 78.9 Å². The third-order valence-electron chi connectivity index (χ3n) is 15.6. The Bertz CT molecular complexity index is 2630. The topological polar surface area (TPSA) is 163 Å². The molecule has 0 radical (unpaired) electrons. The molecule has 0 spiro atoms. The van der Waals surface area contributed by atoms with Crippen molar-refractivity contribution in [2.24, 2.45) is 29.6 Å². The number of fused-ring (bicyclic) bond motifs is 10. The zero-order chi connectivity index (χ0) is 47.8. The number of carbonyl (C=O) groups excluding carboxylic acids is 2. The summed E-state index contributed by atoms with van der Waals surface area (Å²) in [4.78, 5) is 40.0. The van der Waals surface area contributed by atoms with Crippen molar-refractivity contribution in [2.75, 3.05) is 75.9 Å². The number of ether oxygens (including phenoxy) is 8. The first-order valence-electron chi connectivity index (χ1n) is 23.6. The number of methoxy groups -OCH3 is 7. The van der Waals surface area contributed by atoms with Gasteiger partial charge in [-0.2, -0.15) is 0 Å². The van der Waals surface area contributed by atoms with Crippen LogP contribution < -0.4 is 23.7 Å². The summed E-state index contributed by atoms with van der Waals surface area (Å²) >= 11 is 0. The number of piperidine rings is 4. The predicted molar refractivity (Wildman–Crippen MR) is 264 cm³/mol. The van der Waals surface area contributed by atoms with Crippen molar-refractivity contribution >= 4 is 71.5 Å². The van der Waals surface area contributed by atoms with E-state index in [2.05, 4.69) is 38.5 Å². The molecular weight excluding hydrogens is 909 g/mol. The number of aromatic amines is 1. The van der Waals surface area contributed by atoms with Gasteiger partial charge in [-0.05, 0) is 122 Å². The van der Waals surface area contributed by atoms with Crippen LogP contribution in [0.4, 0.5) is 0 Å². The summed E-state index contributed by atoms with van der Waals surface area (Å²) < 4.78 is 44.5. The van der Waals surface area contributed by atoms with Crippen LogP contribution in [0.5, 0.6) is 28.7 Å². The molecule has 11 rings (SSSR count). The fraction of sp³-hybridized carbons (Fsp3) is 0.491. The molecule has 3 aromatic carbocycles. The molecule has 0 amide bonds. The summed E-state index contributed by atoms with van der Waals surface area (Å²) in [6.07, 6.45) is 6.54. The third kappa shape index (κ3) is 9.64. The molecule has 5 fully saturated rings. The molecule has 366 valence electrons.